The van der Waals surface area contributed by atoms with Crippen LogP contribution in [0.3, 0.4) is 0 Å². The number of nitrogens with zero attached hydrogens (tertiary/aromatic N) is 3. The molecule has 0 spiro atoms. The van der Waals surface area contributed by atoms with Gasteiger partial charge in [0, 0.05) is 6.54 Å². The van der Waals surface area contributed by atoms with Crippen molar-refractivity contribution < 1.29 is 4.74 Å². The van der Waals surface area contributed by atoms with Gasteiger partial charge in [0.2, 0.25) is 0 Å². The third-order valence-corrected chi connectivity index (χ3v) is 2.93. The molecule has 18 heavy (non-hydrogen) atoms. The topological polar surface area (TPSA) is 66.0 Å². The minimum Gasteiger partial charge on any atom is -0.494 e. The fourth-order valence-corrected chi connectivity index (χ4v) is 2.00. The van der Waals surface area contributed by atoms with E-state index in [1.807, 2.05) is 29.8 Å². The van der Waals surface area contributed by atoms with Crippen LogP contribution in [0, 0.1) is 6.92 Å². The summed E-state index contributed by atoms with van der Waals surface area (Å²) in [6.45, 7) is 4.50. The molecular weight excluding hydrogens is 228 g/mol. The fourth-order valence-electron chi connectivity index (χ4n) is 2.00. The third-order valence-electron chi connectivity index (χ3n) is 2.93. The molecule has 2 N–H and O–H groups in total. The van der Waals surface area contributed by atoms with Gasteiger partial charge in [-0.3, -0.25) is 0 Å². The highest BCUT2D eigenvalue weighted by Gasteiger charge is 2.14. The minimum absolute atomic E-state index is 0.400. The molecule has 1 aromatic carbocycles. The molecule has 0 aliphatic heterocycles. The molecule has 0 atom stereocenters. The van der Waals surface area contributed by atoms with Crippen LogP contribution in [0.2, 0.25) is 0 Å². The quantitative estimate of drug-likeness (QED) is 0.890. The summed E-state index contributed by atoms with van der Waals surface area (Å²) < 4.78 is 7.19. The molecule has 5 nitrogen and oxygen atoms in total. The Morgan fingerprint density at radius 2 is 2.17 bits per heavy atom. The maximum Gasteiger partial charge on any atom is 0.144 e. The van der Waals surface area contributed by atoms with Gasteiger partial charge in [0.05, 0.1) is 18.5 Å². The lowest BCUT2D eigenvalue weighted by atomic mass is 10.2. The number of ether oxygens (including phenoxy) is 1. The zero-order valence-corrected chi connectivity index (χ0v) is 11.0. The summed E-state index contributed by atoms with van der Waals surface area (Å²) in [6.07, 6.45) is 0.830. The largest absolute Gasteiger partial charge is 0.494 e. The number of methoxy groups -OCH3 is 1. The summed E-state index contributed by atoms with van der Waals surface area (Å²) in [5.41, 5.74) is 9.59. The smallest absolute Gasteiger partial charge is 0.144 e. The molecule has 0 radical (unpaired) electrons. The highest BCUT2D eigenvalue weighted by molar-refractivity contribution is 5.49. The van der Waals surface area contributed by atoms with Crippen LogP contribution >= 0.6 is 0 Å². The van der Waals surface area contributed by atoms with Crippen molar-refractivity contribution in [1.29, 1.82) is 0 Å². The van der Waals surface area contributed by atoms with E-state index in [-0.39, 0.29) is 0 Å². The Bertz CT molecular complexity index is 548. The molecule has 0 saturated carbocycles. The Morgan fingerprint density at radius 3 is 2.78 bits per heavy atom. The predicted molar refractivity (Wildman–Crippen MR) is 69.9 cm³/mol. The SMILES string of the molecule is CCc1c(CN)nnn1-c1cc(C)ccc1OC. The monoisotopic (exact) mass is 246 g/mol. The summed E-state index contributed by atoms with van der Waals surface area (Å²) >= 11 is 0. The summed E-state index contributed by atoms with van der Waals surface area (Å²) in [4.78, 5) is 0. The fraction of sp³-hybridized carbons (Fsp3) is 0.385. The molecule has 0 bridgehead atoms. The van der Waals surface area contributed by atoms with Gasteiger partial charge in [0.25, 0.3) is 0 Å². The Hall–Kier alpha value is -1.88. The molecule has 0 unspecified atom stereocenters. The van der Waals surface area contributed by atoms with Crippen molar-refractivity contribution in [2.75, 3.05) is 7.11 Å². The van der Waals surface area contributed by atoms with Crippen LogP contribution in [0.15, 0.2) is 18.2 Å². The van der Waals surface area contributed by atoms with Crippen molar-refractivity contribution in [3.8, 4) is 11.4 Å². The van der Waals surface area contributed by atoms with Gasteiger partial charge in [-0.2, -0.15) is 0 Å². The van der Waals surface area contributed by atoms with E-state index in [0.29, 0.717) is 6.54 Å². The molecule has 0 aliphatic carbocycles. The van der Waals surface area contributed by atoms with Gasteiger partial charge in [0.1, 0.15) is 11.4 Å². The Balaban J connectivity index is 2.60. The van der Waals surface area contributed by atoms with Gasteiger partial charge >= 0.3 is 0 Å². The molecule has 1 aromatic heterocycles. The maximum atomic E-state index is 5.67. The third kappa shape index (κ3) is 2.09. The lowest BCUT2D eigenvalue weighted by Gasteiger charge is -2.11. The second-order valence-corrected chi connectivity index (χ2v) is 4.13. The van der Waals surface area contributed by atoms with Crippen LogP contribution in [0.25, 0.3) is 5.69 Å². The van der Waals surface area contributed by atoms with E-state index in [0.717, 1.165) is 34.8 Å². The first-order chi connectivity index (χ1) is 8.71. The van der Waals surface area contributed by atoms with Gasteiger partial charge in [-0.1, -0.05) is 18.2 Å². The molecule has 5 heteroatoms. The predicted octanol–water partition coefficient (Wildman–Crippen LogP) is 1.61. The number of hydrogen-bond donors (Lipinski definition) is 1. The molecule has 0 amide bonds. The number of aromatic nitrogens is 3. The molecule has 0 fully saturated rings. The van der Waals surface area contributed by atoms with Gasteiger partial charge in [-0.05, 0) is 31.0 Å². The molecule has 0 saturated heterocycles. The number of aryl methyl sites for hydroxylation is 1. The van der Waals surface area contributed by atoms with Crippen LogP contribution in [-0.4, -0.2) is 22.1 Å². The zero-order chi connectivity index (χ0) is 13.1. The van der Waals surface area contributed by atoms with E-state index < -0.39 is 0 Å². The number of hydrogen-bond acceptors (Lipinski definition) is 4. The lowest BCUT2D eigenvalue weighted by molar-refractivity contribution is 0.411. The van der Waals surface area contributed by atoms with E-state index in [1.54, 1.807) is 7.11 Å². The molecule has 2 rings (SSSR count). The van der Waals surface area contributed by atoms with Gasteiger partial charge < -0.3 is 10.5 Å². The normalized spacial score (nSPS) is 10.7. The molecule has 1 heterocycles. The average Bonchev–Trinajstić information content (AvgIpc) is 2.81. The van der Waals surface area contributed by atoms with Crippen molar-refractivity contribution in [2.24, 2.45) is 5.73 Å². The van der Waals surface area contributed by atoms with Crippen LogP contribution in [0.5, 0.6) is 5.75 Å². The molecule has 0 aliphatic rings. The number of nitrogens with two attached hydrogens (primary N) is 1. The standard InChI is InChI=1S/C13H18N4O/c1-4-11-10(8-14)15-16-17(11)12-7-9(2)5-6-13(12)18-3/h5-7H,4,8,14H2,1-3H3. The van der Waals surface area contributed by atoms with Crippen LogP contribution < -0.4 is 10.5 Å². The number of benzene rings is 1. The lowest BCUT2D eigenvalue weighted by Crippen LogP contribution is -2.06. The highest BCUT2D eigenvalue weighted by Crippen LogP contribution is 2.25. The summed E-state index contributed by atoms with van der Waals surface area (Å²) in [7, 11) is 1.65. The van der Waals surface area contributed by atoms with E-state index >= 15 is 0 Å². The maximum absolute atomic E-state index is 5.67. The van der Waals surface area contributed by atoms with Crippen LogP contribution in [-0.2, 0) is 13.0 Å². The Morgan fingerprint density at radius 1 is 1.39 bits per heavy atom. The van der Waals surface area contributed by atoms with Crippen LogP contribution in [0.4, 0.5) is 0 Å². The molecular formula is C13H18N4O. The van der Waals surface area contributed by atoms with Crippen molar-refractivity contribution in [3.05, 3.63) is 35.2 Å². The minimum atomic E-state index is 0.400. The summed E-state index contributed by atoms with van der Waals surface area (Å²) in [6, 6.07) is 5.98. The Kier molecular flexibility index (Phi) is 3.62. The second kappa shape index (κ2) is 5.18. The van der Waals surface area contributed by atoms with E-state index in [9.17, 15) is 0 Å². The highest BCUT2D eigenvalue weighted by atomic mass is 16.5. The van der Waals surface area contributed by atoms with Crippen LogP contribution in [0.1, 0.15) is 23.9 Å². The van der Waals surface area contributed by atoms with E-state index in [2.05, 4.69) is 17.2 Å². The van der Waals surface area contributed by atoms with Crippen molar-refractivity contribution in [3.63, 3.8) is 0 Å². The van der Waals surface area contributed by atoms with E-state index in [1.165, 1.54) is 0 Å². The Labute approximate surface area is 107 Å². The summed E-state index contributed by atoms with van der Waals surface area (Å²) in [5.74, 6) is 0.781. The molecule has 2 aromatic rings. The molecule has 96 valence electrons. The van der Waals surface area contributed by atoms with E-state index in [4.69, 9.17) is 10.5 Å². The first kappa shape index (κ1) is 12.6. The number of rotatable bonds is 4. The zero-order valence-electron chi connectivity index (χ0n) is 11.0. The van der Waals surface area contributed by atoms with Gasteiger partial charge in [-0.15, -0.1) is 5.10 Å². The van der Waals surface area contributed by atoms with Gasteiger partial charge in [0.15, 0.2) is 0 Å². The first-order valence-electron chi connectivity index (χ1n) is 5.99. The van der Waals surface area contributed by atoms with Gasteiger partial charge in [-0.25, -0.2) is 4.68 Å². The van der Waals surface area contributed by atoms with Crippen molar-refractivity contribution in [2.45, 2.75) is 26.8 Å². The second-order valence-electron chi connectivity index (χ2n) is 4.13. The first-order valence-corrected chi connectivity index (χ1v) is 5.99. The van der Waals surface area contributed by atoms with Crippen molar-refractivity contribution in [1.82, 2.24) is 15.0 Å². The van der Waals surface area contributed by atoms with Crippen molar-refractivity contribution >= 4 is 0 Å². The average molecular weight is 246 g/mol. The summed E-state index contributed by atoms with van der Waals surface area (Å²) in [5, 5.41) is 8.30.